The molecular formula is C36H38F3N5O4. The lowest BCUT2D eigenvalue weighted by Gasteiger charge is -2.57. The zero-order valence-electron chi connectivity index (χ0n) is 26.7. The molecule has 11 rings (SSSR count). The highest BCUT2D eigenvalue weighted by Gasteiger charge is 2.55. The maximum atomic E-state index is 17.0. The van der Waals surface area contributed by atoms with Crippen LogP contribution in [0.3, 0.4) is 0 Å². The minimum atomic E-state index is -0.989. The van der Waals surface area contributed by atoms with E-state index in [4.69, 9.17) is 14.5 Å². The van der Waals surface area contributed by atoms with Crippen molar-refractivity contribution < 1.29 is 32.9 Å². The van der Waals surface area contributed by atoms with E-state index in [0.29, 0.717) is 66.4 Å². The van der Waals surface area contributed by atoms with Crippen molar-refractivity contribution in [2.75, 3.05) is 50.9 Å². The maximum absolute atomic E-state index is 17.0. The van der Waals surface area contributed by atoms with E-state index >= 15 is 8.78 Å². The van der Waals surface area contributed by atoms with Crippen molar-refractivity contribution in [1.82, 2.24) is 19.9 Å². The standard InChI is InChI=1S/C36H38F3N5O4/c37-22-13-35(7-2-9-44(35)15-22)19-48-33-41-31-26-14-40-30(29(31)39)25-12-23(45)11-21-3-4-27(38)24(28(21)25)5-10-47-20-36(46)16-34(17-36)6-1-8-43(18-34)32(26)42-33/h3-4,11-12,14,22,45-46H,1-2,5-10,13,15-20H2/t22-,34?,35+,36?/m1/s1. The molecule has 3 saturated heterocycles. The van der Waals surface area contributed by atoms with Crippen molar-refractivity contribution in [2.45, 2.75) is 68.7 Å². The van der Waals surface area contributed by atoms with E-state index in [1.807, 2.05) is 0 Å². The number of halogens is 3. The Morgan fingerprint density at radius 2 is 1.94 bits per heavy atom. The molecule has 0 amide bonds. The van der Waals surface area contributed by atoms with Gasteiger partial charge >= 0.3 is 6.01 Å². The average molecular weight is 662 g/mol. The highest BCUT2D eigenvalue weighted by molar-refractivity contribution is 6.01. The molecule has 6 aliphatic heterocycles. The molecule has 4 aromatic rings. The number of phenolic OH excluding ortho intramolecular Hbond substituents is 1. The van der Waals surface area contributed by atoms with Gasteiger partial charge in [-0.25, -0.2) is 13.2 Å². The highest BCUT2D eigenvalue weighted by atomic mass is 19.1. The number of anilines is 1. The molecule has 7 aliphatic rings. The second-order valence-corrected chi connectivity index (χ2v) is 14.9. The SMILES string of the molecule is Oc1cc2c3c(c(F)ccc3c1)CCOCC1(O)CC3(CCCN(C3)c3nc(OC[C@@]45CCCN4C[C@H](F)C5)nc4c(F)c-2ncc34)C1. The van der Waals surface area contributed by atoms with Crippen LogP contribution in [0.15, 0.2) is 30.5 Å². The van der Waals surface area contributed by atoms with E-state index in [9.17, 15) is 14.6 Å². The molecule has 2 aromatic carbocycles. The second kappa shape index (κ2) is 10.9. The van der Waals surface area contributed by atoms with Crippen LogP contribution in [0.2, 0.25) is 0 Å². The van der Waals surface area contributed by atoms with Gasteiger partial charge in [-0.1, -0.05) is 6.07 Å². The summed E-state index contributed by atoms with van der Waals surface area (Å²) >= 11 is 0. The summed E-state index contributed by atoms with van der Waals surface area (Å²) in [5.74, 6) is -0.845. The number of benzene rings is 2. The summed E-state index contributed by atoms with van der Waals surface area (Å²) in [6.07, 6.45) is 5.83. The number of fused-ring (bicyclic) bond motifs is 1. The van der Waals surface area contributed by atoms with Gasteiger partial charge in [0.2, 0.25) is 0 Å². The number of piperidine rings is 1. The van der Waals surface area contributed by atoms with Crippen LogP contribution < -0.4 is 9.64 Å². The van der Waals surface area contributed by atoms with Crippen molar-refractivity contribution in [3.05, 3.63) is 47.7 Å². The Bertz CT molecular complexity index is 1950. The fourth-order valence-corrected chi connectivity index (χ4v) is 9.65. The molecule has 8 heterocycles. The molecule has 2 aromatic heterocycles. The Hall–Kier alpha value is -3.74. The first-order valence-electron chi connectivity index (χ1n) is 17.0. The normalized spacial score (nSPS) is 30.2. The van der Waals surface area contributed by atoms with Gasteiger partial charge in [0, 0.05) is 37.8 Å². The maximum Gasteiger partial charge on any atom is 0.319 e. The van der Waals surface area contributed by atoms with Gasteiger partial charge in [-0.05, 0) is 91.4 Å². The predicted molar refractivity (Wildman–Crippen MR) is 173 cm³/mol. The first-order chi connectivity index (χ1) is 23.1. The van der Waals surface area contributed by atoms with Crippen molar-refractivity contribution >= 4 is 27.5 Å². The fraction of sp³-hybridized carbons (Fsp3) is 0.528. The van der Waals surface area contributed by atoms with Crippen molar-refractivity contribution in [2.24, 2.45) is 5.41 Å². The summed E-state index contributed by atoms with van der Waals surface area (Å²) in [4.78, 5) is 18.3. The van der Waals surface area contributed by atoms with E-state index in [-0.39, 0.29) is 60.2 Å². The van der Waals surface area contributed by atoms with Crippen LogP contribution in [-0.4, -0.2) is 93.4 Å². The van der Waals surface area contributed by atoms with Gasteiger partial charge in [-0.2, -0.15) is 9.97 Å². The van der Waals surface area contributed by atoms with E-state index in [0.717, 1.165) is 32.2 Å². The Kier molecular flexibility index (Phi) is 6.88. The van der Waals surface area contributed by atoms with E-state index in [1.165, 1.54) is 18.2 Å². The second-order valence-electron chi connectivity index (χ2n) is 14.9. The average Bonchev–Trinajstić information content (AvgIpc) is 3.57. The third-order valence-electron chi connectivity index (χ3n) is 11.5. The van der Waals surface area contributed by atoms with Crippen LogP contribution in [0, 0.1) is 17.0 Å². The molecule has 2 N–H and O–H groups in total. The first kappa shape index (κ1) is 30.3. The lowest BCUT2D eigenvalue weighted by Crippen LogP contribution is -2.60. The third-order valence-corrected chi connectivity index (χ3v) is 11.5. The zero-order valence-corrected chi connectivity index (χ0v) is 26.7. The summed E-state index contributed by atoms with van der Waals surface area (Å²) < 4.78 is 59.3. The number of pyridine rings is 1. The molecule has 1 spiro atoms. The van der Waals surface area contributed by atoms with E-state index < -0.39 is 28.9 Å². The van der Waals surface area contributed by atoms with Crippen molar-refractivity contribution in [3.8, 4) is 23.0 Å². The summed E-state index contributed by atoms with van der Waals surface area (Å²) in [6.45, 7) is 2.95. The summed E-state index contributed by atoms with van der Waals surface area (Å²) in [7, 11) is 0. The Balaban J connectivity index is 1.22. The number of aromatic nitrogens is 3. The molecule has 48 heavy (non-hydrogen) atoms. The van der Waals surface area contributed by atoms with Gasteiger partial charge in [0.1, 0.15) is 41.4 Å². The monoisotopic (exact) mass is 661 g/mol. The summed E-state index contributed by atoms with van der Waals surface area (Å²) in [5, 5.41) is 23.4. The number of ether oxygens (including phenoxy) is 2. The molecule has 0 unspecified atom stereocenters. The lowest BCUT2D eigenvalue weighted by atomic mass is 9.56. The van der Waals surface area contributed by atoms with Crippen LogP contribution in [-0.2, 0) is 11.2 Å². The Labute approximate surface area is 275 Å². The van der Waals surface area contributed by atoms with E-state index in [1.54, 1.807) is 12.3 Å². The number of aromatic hydroxyl groups is 1. The molecule has 2 atom stereocenters. The summed E-state index contributed by atoms with van der Waals surface area (Å²) in [6, 6.07) is 5.78. The van der Waals surface area contributed by atoms with Crippen molar-refractivity contribution in [3.63, 3.8) is 0 Å². The number of phenols is 1. The van der Waals surface area contributed by atoms with Gasteiger partial charge in [0.25, 0.3) is 0 Å². The third kappa shape index (κ3) is 4.81. The quantitative estimate of drug-likeness (QED) is 0.296. The van der Waals surface area contributed by atoms with Crippen LogP contribution in [0.1, 0.15) is 50.5 Å². The van der Waals surface area contributed by atoms with E-state index in [2.05, 4.69) is 19.8 Å². The number of hydrogen-bond donors (Lipinski definition) is 2. The minimum Gasteiger partial charge on any atom is -0.508 e. The zero-order chi connectivity index (χ0) is 32.8. The number of nitrogens with zero attached hydrogens (tertiary/aromatic N) is 5. The molecule has 252 valence electrons. The first-order valence-corrected chi connectivity index (χ1v) is 17.0. The Morgan fingerprint density at radius 3 is 2.81 bits per heavy atom. The number of rotatable bonds is 3. The predicted octanol–water partition coefficient (Wildman–Crippen LogP) is 5.47. The smallest absolute Gasteiger partial charge is 0.319 e. The largest absolute Gasteiger partial charge is 0.508 e. The summed E-state index contributed by atoms with van der Waals surface area (Å²) in [5.41, 5.74) is -1.14. The van der Waals surface area contributed by atoms with Gasteiger partial charge in [0.15, 0.2) is 5.82 Å². The number of aliphatic hydroxyl groups is 1. The van der Waals surface area contributed by atoms with Crippen LogP contribution in [0.4, 0.5) is 19.0 Å². The highest BCUT2D eigenvalue weighted by Crippen LogP contribution is 2.54. The molecule has 1 aliphatic carbocycles. The fourth-order valence-electron chi connectivity index (χ4n) is 9.65. The minimum absolute atomic E-state index is 0.000591. The molecular weight excluding hydrogens is 623 g/mol. The molecule has 4 fully saturated rings. The molecule has 7 bridgehead atoms. The van der Waals surface area contributed by atoms with Crippen molar-refractivity contribution in [1.29, 1.82) is 0 Å². The number of hydrogen-bond acceptors (Lipinski definition) is 9. The van der Waals surface area contributed by atoms with Gasteiger partial charge in [-0.3, -0.25) is 9.88 Å². The Morgan fingerprint density at radius 1 is 1.08 bits per heavy atom. The molecule has 1 saturated carbocycles. The topological polar surface area (TPSA) is 104 Å². The molecule has 0 radical (unpaired) electrons. The van der Waals surface area contributed by atoms with Gasteiger partial charge < -0.3 is 24.6 Å². The van der Waals surface area contributed by atoms with Gasteiger partial charge in [0.05, 0.1) is 29.7 Å². The molecule has 9 nitrogen and oxygen atoms in total. The lowest BCUT2D eigenvalue weighted by molar-refractivity contribution is -0.167. The van der Waals surface area contributed by atoms with Crippen LogP contribution >= 0.6 is 0 Å². The van der Waals surface area contributed by atoms with Crippen LogP contribution in [0.25, 0.3) is 32.9 Å². The number of alkyl halides is 1. The molecule has 12 heteroatoms. The van der Waals surface area contributed by atoms with Gasteiger partial charge in [-0.15, -0.1) is 0 Å². The van der Waals surface area contributed by atoms with Crippen LogP contribution in [0.5, 0.6) is 11.8 Å².